The molecule has 1 saturated carbocycles. The first-order valence-corrected chi connectivity index (χ1v) is 13.7. The number of carbonyl (C=O) groups excluding carboxylic acids is 2. The van der Waals surface area contributed by atoms with Crippen molar-refractivity contribution in [3.8, 4) is 0 Å². The first kappa shape index (κ1) is 27.3. The minimum atomic E-state index is -0.595. The zero-order valence-corrected chi connectivity index (χ0v) is 22.4. The van der Waals surface area contributed by atoms with Gasteiger partial charge in [0, 0.05) is 11.5 Å². The summed E-state index contributed by atoms with van der Waals surface area (Å²) in [6.45, 7) is 4.31. The summed E-state index contributed by atoms with van der Waals surface area (Å²) in [5.74, 6) is -0.552. The Morgan fingerprint density at radius 2 is 2.05 bits per heavy atom. The van der Waals surface area contributed by atoms with E-state index in [4.69, 9.17) is 27.7 Å². The number of amidine groups is 1. The molecule has 7 nitrogen and oxygen atoms in total. The van der Waals surface area contributed by atoms with Gasteiger partial charge in [0.15, 0.2) is 0 Å². The lowest BCUT2D eigenvalue weighted by Crippen LogP contribution is -2.54. The van der Waals surface area contributed by atoms with Crippen molar-refractivity contribution in [2.24, 2.45) is 22.6 Å². The number of carbonyl (C=O) groups is 2. The van der Waals surface area contributed by atoms with E-state index in [-0.39, 0.29) is 47.6 Å². The smallest absolute Gasteiger partial charge is 0.270 e. The first-order valence-electron chi connectivity index (χ1n) is 13.4. The minimum absolute atomic E-state index is 0.0206. The molecule has 4 N–H and O–H groups in total. The second-order valence-corrected chi connectivity index (χ2v) is 11.0. The van der Waals surface area contributed by atoms with Crippen molar-refractivity contribution in [1.82, 2.24) is 10.2 Å². The number of hydrogen-bond acceptors (Lipinski definition) is 4. The molecule has 2 atom stereocenters. The van der Waals surface area contributed by atoms with Crippen molar-refractivity contribution in [3.63, 3.8) is 0 Å². The fourth-order valence-electron chi connectivity index (χ4n) is 6.07. The molecule has 1 fully saturated rings. The van der Waals surface area contributed by atoms with Crippen LogP contribution in [0, 0.1) is 17.2 Å². The van der Waals surface area contributed by atoms with Crippen LogP contribution in [0.15, 0.2) is 51.3 Å². The van der Waals surface area contributed by atoms with E-state index >= 15 is 0 Å². The predicted octanol–water partition coefficient (Wildman–Crippen LogP) is 5.04. The number of hydrogen-bond donors (Lipinski definition) is 3. The normalized spacial score (nSPS) is 28.7. The quantitative estimate of drug-likeness (QED) is 0.302. The van der Waals surface area contributed by atoms with Gasteiger partial charge in [0.2, 0.25) is 5.91 Å². The Morgan fingerprint density at radius 1 is 1.32 bits per heavy atom. The maximum Gasteiger partial charge on any atom is 0.270 e. The Morgan fingerprint density at radius 3 is 2.62 bits per heavy atom. The molecule has 2 amide bonds. The number of nitrogens with zero attached hydrogens (tertiary/aromatic N) is 2. The lowest BCUT2D eigenvalue weighted by atomic mass is 9.79. The Hall–Kier alpha value is -2.74. The SMILES string of the molecule is CCC1CCC2(CC1)N=C(C1C=CC(F)=C(Cl)C1)C(=O)N2[C@H](CC)C1=CC=C(C(=O)NCC(=N)N)CC1. The highest BCUT2D eigenvalue weighted by molar-refractivity contribution is 6.42. The molecular formula is C28H37ClFN5O2. The second kappa shape index (κ2) is 11.3. The summed E-state index contributed by atoms with van der Waals surface area (Å²) >= 11 is 6.14. The standard InChI is InChI=1S/C28H37ClFN5O2/c1-3-17-11-13-28(14-12-17)34-25(20-9-10-22(30)21(29)15-20)27(37)35(28)23(4-2)18-5-7-19(8-6-18)26(36)33-16-24(31)32/h5,7,9-10,17,20,23H,3-4,6,8,11-16H2,1-2H3,(H3,31,32)(H,33,36)/t17?,20?,23-,28?/m1/s1. The van der Waals surface area contributed by atoms with E-state index < -0.39 is 11.5 Å². The number of amides is 2. The Labute approximate surface area is 223 Å². The van der Waals surface area contributed by atoms with Gasteiger partial charge in [-0.25, -0.2) is 4.39 Å². The van der Waals surface area contributed by atoms with E-state index in [0.29, 0.717) is 30.0 Å². The summed E-state index contributed by atoms with van der Waals surface area (Å²) in [5, 5.41) is 10.1. The van der Waals surface area contributed by atoms with Crippen molar-refractivity contribution >= 4 is 35.0 Å². The molecule has 0 radical (unpaired) electrons. The lowest BCUT2D eigenvalue weighted by Gasteiger charge is -2.46. The molecule has 3 aliphatic carbocycles. The van der Waals surface area contributed by atoms with Gasteiger partial charge in [-0.3, -0.25) is 20.0 Å². The molecule has 200 valence electrons. The van der Waals surface area contributed by atoms with Crippen LogP contribution in [0.5, 0.6) is 0 Å². The van der Waals surface area contributed by atoms with E-state index in [1.54, 1.807) is 6.08 Å². The highest BCUT2D eigenvalue weighted by atomic mass is 35.5. The summed E-state index contributed by atoms with van der Waals surface area (Å²) in [5.41, 5.74) is 6.98. The topological polar surface area (TPSA) is 112 Å². The number of aliphatic imine (C=N–C) groups is 1. The molecule has 1 unspecified atom stereocenters. The molecule has 1 spiro atoms. The Balaban J connectivity index is 1.62. The molecule has 0 saturated heterocycles. The average Bonchev–Trinajstić information content (AvgIpc) is 3.17. The van der Waals surface area contributed by atoms with Gasteiger partial charge in [0.25, 0.3) is 5.91 Å². The molecule has 4 rings (SSSR count). The number of rotatable bonds is 8. The van der Waals surface area contributed by atoms with Crippen LogP contribution < -0.4 is 11.1 Å². The molecule has 0 aromatic rings. The molecular weight excluding hydrogens is 493 g/mol. The van der Waals surface area contributed by atoms with Gasteiger partial charge in [0.1, 0.15) is 23.0 Å². The van der Waals surface area contributed by atoms with E-state index in [0.717, 1.165) is 44.1 Å². The van der Waals surface area contributed by atoms with Crippen LogP contribution in [0.4, 0.5) is 4.39 Å². The van der Waals surface area contributed by atoms with Gasteiger partial charge in [-0.05, 0) is 68.9 Å². The summed E-state index contributed by atoms with van der Waals surface area (Å²) in [7, 11) is 0. The third kappa shape index (κ3) is 5.59. The van der Waals surface area contributed by atoms with Gasteiger partial charge in [0.05, 0.1) is 17.6 Å². The fraction of sp³-hybridized carbons (Fsp3) is 0.571. The fourth-order valence-corrected chi connectivity index (χ4v) is 6.30. The van der Waals surface area contributed by atoms with Crippen LogP contribution in [0.1, 0.15) is 71.6 Å². The van der Waals surface area contributed by atoms with Gasteiger partial charge in [-0.15, -0.1) is 0 Å². The van der Waals surface area contributed by atoms with Crippen LogP contribution in [-0.2, 0) is 9.59 Å². The summed E-state index contributed by atoms with van der Waals surface area (Å²) in [6.07, 6.45) is 13.8. The molecule has 1 aliphatic heterocycles. The van der Waals surface area contributed by atoms with E-state index in [1.165, 1.54) is 6.08 Å². The maximum absolute atomic E-state index is 14.1. The van der Waals surface area contributed by atoms with Crippen molar-refractivity contribution < 1.29 is 14.0 Å². The predicted molar refractivity (Wildman–Crippen MR) is 145 cm³/mol. The molecule has 1 heterocycles. The van der Waals surface area contributed by atoms with E-state index in [1.807, 2.05) is 17.1 Å². The van der Waals surface area contributed by atoms with Gasteiger partial charge < -0.3 is 16.0 Å². The Kier molecular flexibility index (Phi) is 8.36. The molecule has 37 heavy (non-hydrogen) atoms. The van der Waals surface area contributed by atoms with Gasteiger partial charge in [-0.1, -0.05) is 50.1 Å². The van der Waals surface area contributed by atoms with E-state index in [9.17, 15) is 14.0 Å². The second-order valence-electron chi connectivity index (χ2n) is 10.5. The van der Waals surface area contributed by atoms with Crippen LogP contribution in [0.2, 0.25) is 0 Å². The molecule has 9 heteroatoms. The lowest BCUT2D eigenvalue weighted by molar-refractivity contribution is -0.132. The Bertz CT molecular complexity index is 1110. The highest BCUT2D eigenvalue weighted by Crippen LogP contribution is 2.46. The summed E-state index contributed by atoms with van der Waals surface area (Å²) < 4.78 is 13.9. The average molecular weight is 530 g/mol. The van der Waals surface area contributed by atoms with Crippen LogP contribution in [0.3, 0.4) is 0 Å². The highest BCUT2D eigenvalue weighted by Gasteiger charge is 2.52. The number of nitrogens with two attached hydrogens (primary N) is 1. The summed E-state index contributed by atoms with van der Waals surface area (Å²) in [4.78, 5) is 33.6. The minimum Gasteiger partial charge on any atom is -0.386 e. The number of allylic oxidation sites excluding steroid dienone is 6. The molecule has 0 aromatic heterocycles. The van der Waals surface area contributed by atoms with Crippen molar-refractivity contribution in [3.05, 3.63) is 46.3 Å². The van der Waals surface area contributed by atoms with Crippen molar-refractivity contribution in [2.45, 2.75) is 83.3 Å². The van der Waals surface area contributed by atoms with Crippen LogP contribution in [0.25, 0.3) is 0 Å². The van der Waals surface area contributed by atoms with Crippen molar-refractivity contribution in [2.75, 3.05) is 6.54 Å². The van der Waals surface area contributed by atoms with E-state index in [2.05, 4.69) is 19.2 Å². The van der Waals surface area contributed by atoms with Crippen LogP contribution >= 0.6 is 11.6 Å². The third-order valence-corrected chi connectivity index (χ3v) is 8.56. The zero-order valence-electron chi connectivity index (χ0n) is 21.7. The molecule has 0 bridgehead atoms. The molecule has 0 aromatic carbocycles. The number of halogens is 2. The third-order valence-electron chi connectivity index (χ3n) is 8.22. The number of nitrogens with one attached hydrogen (secondary N) is 2. The zero-order chi connectivity index (χ0) is 26.7. The summed E-state index contributed by atoms with van der Waals surface area (Å²) in [6, 6.07) is -0.139. The van der Waals surface area contributed by atoms with Gasteiger partial charge in [-0.2, -0.15) is 0 Å². The first-order chi connectivity index (χ1) is 17.7. The van der Waals surface area contributed by atoms with Crippen molar-refractivity contribution in [1.29, 1.82) is 5.41 Å². The maximum atomic E-state index is 14.1. The largest absolute Gasteiger partial charge is 0.386 e. The monoisotopic (exact) mass is 529 g/mol. The van der Waals surface area contributed by atoms with Crippen LogP contribution in [-0.4, -0.2) is 46.5 Å². The van der Waals surface area contributed by atoms with Gasteiger partial charge >= 0.3 is 0 Å². The molecule has 4 aliphatic rings.